The Kier molecular flexibility index (Phi) is 35.5. The third-order valence-electron chi connectivity index (χ3n) is 35.7. The van der Waals surface area contributed by atoms with E-state index in [2.05, 4.69) is 140 Å². The number of benzene rings is 10. The smallest absolute Gasteiger partial charge is 0.118 e. The quantitative estimate of drug-likeness (QED) is 0.0193. The van der Waals surface area contributed by atoms with Crippen molar-refractivity contribution in [3.05, 3.63) is 299 Å². The van der Waals surface area contributed by atoms with E-state index in [0.29, 0.717) is 155 Å². The van der Waals surface area contributed by atoms with E-state index in [9.17, 15) is 46.0 Å². The largest absolute Gasteiger partial charge is 0.508 e. The van der Waals surface area contributed by atoms with Crippen molar-refractivity contribution in [3.63, 3.8) is 0 Å². The number of ether oxygens (including phenoxy) is 3. The molecule has 0 saturated heterocycles. The third-order valence-corrected chi connectivity index (χ3v) is 35.7. The standard InChI is InChI=1S/C50H54O4.C28H30O3.C24H38O.C20H30O4.4CH4/c1-27-17-33(9-13-45(27)51)49(34-10-14-46(52)28(2)18-34)43-25-37-21-39(43)23-41(37)31-5-7-32(8-6-31)42-24-40-22-38(42)26-44(40)50(35-11-15-47(53)29(3)19-35)36-12-16-48(54)30(4)20-36;1-16-10-19(4-7-25(16)29)24-14-23-13-20(24)15-28(23,21-5-8-26(30)17(2)11-21)22-6-9-27(31)18(3)12-22;1-3-4-5-6-7-8-9-10-11-19-15-22-16-21(19)17-23(22)20-12-13-24(25)18(2)14-20;1-14-9-15(3-4-20(14)21)19-12-16-10-17(19)11-18(16)13-24-8-7-23-6-5-22-2;;;;/h5-20,37-44,49-54H,21-26H2,1-4H3;4-12,20,23-24,29-31H,13-15H2,1-3H3;12-14,19,21-23,25H,3-11,15-17H2,1-2H3;3-4,9,16-19,21H,5-8,10-13H2,1-2H3;4*1H4/t;20?,23?,24-;;;;;;/m.1....../s1. The lowest BCUT2D eigenvalue weighted by atomic mass is 9.61. The Morgan fingerprint density at radius 3 is 0.913 bits per heavy atom. The van der Waals surface area contributed by atoms with Crippen molar-refractivity contribution >= 4 is 0 Å². The highest BCUT2D eigenvalue weighted by atomic mass is 16.5. The van der Waals surface area contributed by atoms with Crippen LogP contribution in [-0.2, 0) is 19.6 Å². The lowest BCUT2D eigenvalue weighted by Gasteiger charge is -2.42. The van der Waals surface area contributed by atoms with Gasteiger partial charge in [0.1, 0.15) is 51.7 Å². The molecule has 0 radical (unpaired) electrons. The predicted octanol–water partition coefficient (Wildman–Crippen LogP) is 31.3. The van der Waals surface area contributed by atoms with E-state index < -0.39 is 0 Å². The minimum Gasteiger partial charge on any atom is -0.508 e. The summed E-state index contributed by atoms with van der Waals surface area (Å²) in [5.74, 6) is 16.9. The van der Waals surface area contributed by atoms with Gasteiger partial charge in [0.25, 0.3) is 0 Å². The molecule has 138 heavy (non-hydrogen) atoms. The van der Waals surface area contributed by atoms with Crippen molar-refractivity contribution < 1.29 is 60.2 Å². The number of rotatable bonds is 30. The van der Waals surface area contributed by atoms with Gasteiger partial charge in [0.15, 0.2) is 0 Å². The van der Waals surface area contributed by atoms with Crippen LogP contribution < -0.4 is 0 Å². The van der Waals surface area contributed by atoms with Crippen LogP contribution in [0.15, 0.2) is 188 Å². The molecule has 0 spiro atoms. The van der Waals surface area contributed by atoms with E-state index in [-0.39, 0.29) is 47.0 Å². The molecule has 0 aliphatic heterocycles. The zero-order chi connectivity index (χ0) is 93.9. The molecule has 9 N–H and O–H groups in total. The molecule has 12 nitrogen and oxygen atoms in total. The molecular weight excluding hydrogens is 1710 g/mol. The summed E-state index contributed by atoms with van der Waals surface area (Å²) in [4.78, 5) is 0. The van der Waals surface area contributed by atoms with Gasteiger partial charge in [-0.3, -0.25) is 0 Å². The van der Waals surface area contributed by atoms with Gasteiger partial charge in [-0.15, -0.1) is 0 Å². The molecule has 10 bridgehead atoms. The average Bonchev–Trinajstić information content (AvgIpc) is 1.56. The fourth-order valence-electron chi connectivity index (χ4n) is 28.6. The number of phenols is 9. The minimum atomic E-state index is -0.107. The highest BCUT2D eigenvalue weighted by Gasteiger charge is 2.58. The van der Waals surface area contributed by atoms with Crippen LogP contribution in [0, 0.1) is 145 Å². The maximum atomic E-state index is 10.3. The summed E-state index contributed by atoms with van der Waals surface area (Å²) >= 11 is 0. The molecule has 10 saturated carbocycles. The molecule has 18 unspecified atom stereocenters. The van der Waals surface area contributed by atoms with Gasteiger partial charge in [-0.2, -0.15) is 0 Å². The number of hydrogen-bond donors (Lipinski definition) is 9. The number of unbranched alkanes of at least 4 members (excludes halogenated alkanes) is 7. The zero-order valence-electron chi connectivity index (χ0n) is 81.8. The van der Waals surface area contributed by atoms with Crippen LogP contribution in [0.25, 0.3) is 0 Å². The molecule has 19 atom stereocenters. The van der Waals surface area contributed by atoms with Gasteiger partial charge < -0.3 is 60.2 Å². The summed E-state index contributed by atoms with van der Waals surface area (Å²) < 4.78 is 16.2. The van der Waals surface area contributed by atoms with Crippen molar-refractivity contribution in [2.75, 3.05) is 40.1 Å². The first kappa shape index (κ1) is 106. The van der Waals surface area contributed by atoms with Crippen LogP contribution in [0.5, 0.6) is 51.7 Å². The Balaban J connectivity index is 0.000000164. The molecule has 0 heterocycles. The lowest BCUT2D eigenvalue weighted by molar-refractivity contribution is 0.00912. The molecule has 10 aliphatic carbocycles. The number of fused-ring (bicyclic) bond motifs is 10. The minimum absolute atomic E-state index is 0. The highest BCUT2D eigenvalue weighted by molar-refractivity contribution is 5.53. The molecule has 20 rings (SSSR count). The first-order valence-corrected chi connectivity index (χ1v) is 51.6. The summed E-state index contributed by atoms with van der Waals surface area (Å²) in [5, 5.41) is 91.0. The predicted molar refractivity (Wildman–Crippen MR) is 566 cm³/mol. The normalized spacial score (nSPS) is 26.0. The maximum Gasteiger partial charge on any atom is 0.118 e. The Morgan fingerprint density at radius 2 is 0.580 bits per heavy atom. The van der Waals surface area contributed by atoms with Gasteiger partial charge in [0.2, 0.25) is 0 Å². The van der Waals surface area contributed by atoms with Crippen LogP contribution in [0.3, 0.4) is 0 Å². The molecule has 10 aliphatic rings. The second kappa shape index (κ2) is 46.3. The Bertz CT molecular complexity index is 5380. The molecule has 0 amide bonds. The maximum absolute atomic E-state index is 10.3. The molecule has 744 valence electrons. The van der Waals surface area contributed by atoms with E-state index in [1.54, 1.807) is 7.11 Å². The van der Waals surface area contributed by atoms with Gasteiger partial charge in [0, 0.05) is 31.0 Å². The van der Waals surface area contributed by atoms with Crippen molar-refractivity contribution in [1.29, 1.82) is 0 Å². The first-order chi connectivity index (χ1) is 64.7. The first-order valence-electron chi connectivity index (χ1n) is 51.6. The van der Waals surface area contributed by atoms with E-state index in [1.165, 1.54) is 202 Å². The summed E-state index contributed by atoms with van der Waals surface area (Å²) in [6.07, 6.45) is 32.0. The van der Waals surface area contributed by atoms with Crippen molar-refractivity contribution in [3.8, 4) is 51.7 Å². The second-order valence-electron chi connectivity index (χ2n) is 43.8. The summed E-state index contributed by atoms with van der Waals surface area (Å²) in [5.41, 5.74) is 23.2. The van der Waals surface area contributed by atoms with Crippen molar-refractivity contribution in [2.45, 2.75) is 300 Å². The molecule has 0 aromatic heterocycles. The van der Waals surface area contributed by atoms with Gasteiger partial charge in [-0.1, -0.05) is 228 Å². The van der Waals surface area contributed by atoms with E-state index in [4.69, 9.17) is 14.2 Å². The lowest BCUT2D eigenvalue weighted by Crippen LogP contribution is -2.36. The molecule has 10 aromatic rings. The molecule has 10 fully saturated rings. The number of aryl methyl sites for hydroxylation is 9. The fourth-order valence-corrected chi connectivity index (χ4v) is 28.6. The number of aromatic hydroxyl groups is 9. The summed E-state index contributed by atoms with van der Waals surface area (Å²) in [6.45, 7) is 23.6. The molecule has 10 aromatic carbocycles. The number of phenolic OH excluding ortho intramolecular Hbond substituents is 9. The van der Waals surface area contributed by atoms with Crippen LogP contribution in [0.4, 0.5) is 0 Å². The Morgan fingerprint density at radius 1 is 0.275 bits per heavy atom. The molecule has 12 heteroatoms. The SMILES string of the molecule is C.C.C.C.CCCCCCCCCCC1CC2CC1CC2c1ccc(O)c(C)c1.COCCOCCOCC1CC2CC1CC2c1ccc(O)c(C)c1.Cc1cc(C(c2ccc(O)c(C)c2)C2CC3CC2CC3c2ccc(C3CC4CC3CC4C(c3ccc(O)c(C)c3)c3ccc(O)c(C)c3)cc2)ccc1O.Cc1cc([C@H]2CC3CC2CC3(c2ccc(O)c(C)c2)c2ccc(O)c(C)c2)ccc1O. The molecular formula is C126H168O12. The average molecular weight is 1870 g/mol. The van der Waals surface area contributed by atoms with Crippen LogP contribution >= 0.6 is 0 Å². The summed E-state index contributed by atoms with van der Waals surface area (Å²) in [7, 11) is 1.68. The van der Waals surface area contributed by atoms with Gasteiger partial charge in [-0.05, 0) is 437 Å². The topological polar surface area (TPSA) is 210 Å². The second-order valence-corrected chi connectivity index (χ2v) is 43.8. The summed E-state index contributed by atoms with van der Waals surface area (Å²) in [6, 6.07) is 65.0. The third kappa shape index (κ3) is 22.7. The monoisotopic (exact) mass is 1870 g/mol. The van der Waals surface area contributed by atoms with Crippen LogP contribution in [-0.4, -0.2) is 86.1 Å². The van der Waals surface area contributed by atoms with E-state index in [1.807, 2.05) is 117 Å². The van der Waals surface area contributed by atoms with Crippen molar-refractivity contribution in [2.24, 2.45) is 82.9 Å². The van der Waals surface area contributed by atoms with E-state index >= 15 is 0 Å². The number of methoxy groups -OCH3 is 1. The highest BCUT2D eigenvalue weighted by Crippen LogP contribution is 2.67. The van der Waals surface area contributed by atoms with E-state index in [0.717, 1.165) is 105 Å². The van der Waals surface area contributed by atoms with Crippen LogP contribution in [0.1, 0.15) is 343 Å². The van der Waals surface area contributed by atoms with Crippen LogP contribution in [0.2, 0.25) is 0 Å². The van der Waals surface area contributed by atoms with Crippen molar-refractivity contribution in [1.82, 2.24) is 0 Å². The Labute approximate surface area is 829 Å². The Hall–Kier alpha value is -9.72. The number of hydrogen-bond acceptors (Lipinski definition) is 12. The fraction of sp³-hybridized carbons (Fsp3) is 0.524. The van der Waals surface area contributed by atoms with Gasteiger partial charge in [-0.25, -0.2) is 0 Å². The van der Waals surface area contributed by atoms with Gasteiger partial charge in [0.05, 0.1) is 26.4 Å². The van der Waals surface area contributed by atoms with Gasteiger partial charge >= 0.3 is 0 Å². The zero-order valence-corrected chi connectivity index (χ0v) is 81.8.